The van der Waals surface area contributed by atoms with Crippen LogP contribution < -0.4 is 9.47 Å². The zero-order valence-corrected chi connectivity index (χ0v) is 22.3. The van der Waals surface area contributed by atoms with Gasteiger partial charge in [0.1, 0.15) is 11.5 Å². The number of rotatable bonds is 11. The van der Waals surface area contributed by atoms with Crippen molar-refractivity contribution in [2.45, 2.75) is 97.6 Å². The van der Waals surface area contributed by atoms with E-state index in [0.717, 1.165) is 47.5 Å². The number of ether oxygens (including phenoxy) is 3. The highest BCUT2D eigenvalue weighted by Crippen LogP contribution is 2.33. The summed E-state index contributed by atoms with van der Waals surface area (Å²) in [6.07, 6.45) is 9.08. The average molecular weight is 473 g/mol. The smallest absolute Gasteiger partial charge is 0.125 e. The first-order chi connectivity index (χ1) is 16.0. The van der Waals surface area contributed by atoms with Crippen molar-refractivity contribution in [3.05, 3.63) is 58.2 Å². The van der Waals surface area contributed by atoms with Crippen LogP contribution >= 0.6 is 0 Å². The van der Waals surface area contributed by atoms with Crippen molar-refractivity contribution in [1.82, 2.24) is 0 Å². The van der Waals surface area contributed by atoms with Crippen LogP contribution in [0.3, 0.4) is 0 Å². The first kappa shape index (κ1) is 28.2. The van der Waals surface area contributed by atoms with Crippen LogP contribution in [0.15, 0.2) is 47.1 Å². The van der Waals surface area contributed by atoms with Gasteiger partial charge in [-0.1, -0.05) is 29.4 Å². The first-order valence-corrected chi connectivity index (χ1v) is 12.2. The Kier molecular flexibility index (Phi) is 10.4. The molecule has 0 spiro atoms. The average Bonchev–Trinajstić information content (AvgIpc) is 3.04. The zero-order valence-electron chi connectivity index (χ0n) is 22.3. The van der Waals surface area contributed by atoms with Gasteiger partial charge in [0.25, 0.3) is 0 Å². The fourth-order valence-corrected chi connectivity index (χ4v) is 4.46. The number of methoxy groups -OCH3 is 2. The van der Waals surface area contributed by atoms with E-state index in [1.807, 2.05) is 39.0 Å². The molecule has 34 heavy (non-hydrogen) atoms. The van der Waals surface area contributed by atoms with E-state index < -0.39 is 17.8 Å². The number of hydrogen-bond donors (Lipinski definition) is 2. The maximum atomic E-state index is 10.6. The Morgan fingerprint density at radius 1 is 1.15 bits per heavy atom. The van der Waals surface area contributed by atoms with Crippen molar-refractivity contribution in [3.8, 4) is 11.5 Å². The largest absolute Gasteiger partial charge is 0.497 e. The lowest BCUT2D eigenvalue weighted by molar-refractivity contribution is -0.0472. The quantitative estimate of drug-likeness (QED) is 0.395. The van der Waals surface area contributed by atoms with Crippen molar-refractivity contribution in [3.63, 3.8) is 0 Å². The fourth-order valence-electron chi connectivity index (χ4n) is 4.46. The monoisotopic (exact) mass is 472 g/mol. The number of aliphatic hydroxyl groups is 2. The zero-order chi connectivity index (χ0) is 25.5. The SMILES string of the molecule is COc1cc(C)c(OC)c(CC=C(C)C[C@@H](O)C=C(C)CCC=C(C)[C@@H]2C[C@H](O)C(C)(C)O2)c1. The van der Waals surface area contributed by atoms with E-state index in [0.29, 0.717) is 12.8 Å². The molecule has 2 rings (SSSR count). The van der Waals surface area contributed by atoms with Gasteiger partial charge in [-0.05, 0) is 90.5 Å². The van der Waals surface area contributed by atoms with Gasteiger partial charge in [0, 0.05) is 12.0 Å². The first-order valence-electron chi connectivity index (χ1n) is 12.2. The van der Waals surface area contributed by atoms with Crippen molar-refractivity contribution in [2.24, 2.45) is 0 Å². The Morgan fingerprint density at radius 2 is 1.85 bits per heavy atom. The van der Waals surface area contributed by atoms with Gasteiger partial charge < -0.3 is 24.4 Å². The van der Waals surface area contributed by atoms with Crippen LogP contribution in [-0.4, -0.2) is 48.3 Å². The summed E-state index contributed by atoms with van der Waals surface area (Å²) in [5, 5.41) is 20.7. The molecule has 0 unspecified atom stereocenters. The van der Waals surface area contributed by atoms with E-state index >= 15 is 0 Å². The van der Waals surface area contributed by atoms with E-state index in [9.17, 15) is 10.2 Å². The standard InChI is InChI=1S/C29H44O5/c1-19(10-9-11-21(3)26-18-27(31)29(5,6)34-26)14-24(30)15-20(2)12-13-23-17-25(32-7)16-22(4)28(23)33-8/h11-12,14,16-17,24,26-27,30-31H,9-10,13,15,18H2,1-8H3/t24-,26-,27-/m0/s1. The minimum Gasteiger partial charge on any atom is -0.497 e. The minimum atomic E-state index is -0.510. The summed E-state index contributed by atoms with van der Waals surface area (Å²) >= 11 is 0. The molecule has 2 N–H and O–H groups in total. The molecule has 0 amide bonds. The molecule has 0 radical (unpaired) electrons. The highest BCUT2D eigenvalue weighted by atomic mass is 16.5. The second-order valence-electron chi connectivity index (χ2n) is 10.1. The van der Waals surface area contributed by atoms with E-state index in [1.165, 1.54) is 11.1 Å². The molecule has 1 aliphatic heterocycles. The highest BCUT2D eigenvalue weighted by molar-refractivity contribution is 5.47. The molecule has 1 aromatic carbocycles. The third kappa shape index (κ3) is 8.00. The number of aryl methyl sites for hydroxylation is 1. The van der Waals surface area contributed by atoms with Crippen LogP contribution in [0.25, 0.3) is 0 Å². The maximum Gasteiger partial charge on any atom is 0.125 e. The van der Waals surface area contributed by atoms with Crippen LogP contribution in [0.5, 0.6) is 11.5 Å². The fraction of sp³-hybridized carbons (Fsp3) is 0.586. The van der Waals surface area contributed by atoms with Crippen molar-refractivity contribution >= 4 is 0 Å². The molecule has 0 bridgehead atoms. The summed E-state index contributed by atoms with van der Waals surface area (Å²) in [7, 11) is 3.36. The second kappa shape index (κ2) is 12.6. The molecule has 1 saturated heterocycles. The van der Waals surface area contributed by atoms with Crippen molar-refractivity contribution < 1.29 is 24.4 Å². The number of benzene rings is 1. The Hall–Kier alpha value is -2.08. The summed E-state index contributed by atoms with van der Waals surface area (Å²) in [6.45, 7) is 12.1. The molecule has 0 saturated carbocycles. The lowest BCUT2D eigenvalue weighted by Crippen LogP contribution is -2.31. The molecule has 1 heterocycles. The predicted octanol–water partition coefficient (Wildman–Crippen LogP) is 5.85. The molecular formula is C29H44O5. The molecule has 5 nitrogen and oxygen atoms in total. The molecule has 5 heteroatoms. The van der Waals surface area contributed by atoms with Crippen molar-refractivity contribution in [2.75, 3.05) is 14.2 Å². The second-order valence-corrected chi connectivity index (χ2v) is 10.1. The van der Waals surface area contributed by atoms with Crippen LogP contribution in [0.2, 0.25) is 0 Å². The van der Waals surface area contributed by atoms with Gasteiger partial charge in [0.15, 0.2) is 0 Å². The number of allylic oxidation sites excluding steroid dienone is 3. The Morgan fingerprint density at radius 3 is 2.44 bits per heavy atom. The summed E-state index contributed by atoms with van der Waals surface area (Å²) in [5.74, 6) is 1.70. The normalized spacial score (nSPS) is 22.1. The van der Waals surface area contributed by atoms with Gasteiger partial charge in [0.2, 0.25) is 0 Å². The van der Waals surface area contributed by atoms with Crippen LogP contribution in [0.4, 0.5) is 0 Å². The molecular weight excluding hydrogens is 428 g/mol. The van der Waals surface area contributed by atoms with Gasteiger partial charge in [-0.25, -0.2) is 0 Å². The highest BCUT2D eigenvalue weighted by Gasteiger charge is 2.40. The summed E-state index contributed by atoms with van der Waals surface area (Å²) in [6, 6.07) is 3.97. The number of hydrogen-bond acceptors (Lipinski definition) is 5. The molecule has 190 valence electrons. The van der Waals surface area contributed by atoms with Gasteiger partial charge in [-0.3, -0.25) is 0 Å². The lowest BCUT2D eigenvalue weighted by Gasteiger charge is -2.22. The molecule has 1 aliphatic rings. The minimum absolute atomic E-state index is 0.0142. The van der Waals surface area contributed by atoms with Crippen molar-refractivity contribution in [1.29, 1.82) is 0 Å². The topological polar surface area (TPSA) is 68.2 Å². The van der Waals surface area contributed by atoms with Gasteiger partial charge in [-0.15, -0.1) is 0 Å². The third-order valence-corrected chi connectivity index (χ3v) is 6.64. The molecule has 1 aromatic rings. The van der Waals surface area contributed by atoms with Crippen LogP contribution in [-0.2, 0) is 11.2 Å². The number of aliphatic hydroxyl groups excluding tert-OH is 2. The van der Waals surface area contributed by atoms with E-state index in [2.05, 4.69) is 32.9 Å². The van der Waals surface area contributed by atoms with E-state index in [-0.39, 0.29) is 6.10 Å². The van der Waals surface area contributed by atoms with E-state index in [1.54, 1.807) is 14.2 Å². The molecule has 1 fully saturated rings. The summed E-state index contributed by atoms with van der Waals surface area (Å²) in [4.78, 5) is 0. The van der Waals surface area contributed by atoms with Crippen LogP contribution in [0, 0.1) is 6.92 Å². The molecule has 3 atom stereocenters. The maximum absolute atomic E-state index is 10.6. The van der Waals surface area contributed by atoms with E-state index in [4.69, 9.17) is 14.2 Å². The predicted molar refractivity (Wildman–Crippen MR) is 139 cm³/mol. The lowest BCUT2D eigenvalue weighted by atomic mass is 9.98. The Labute approximate surface area is 206 Å². The van der Waals surface area contributed by atoms with Gasteiger partial charge >= 0.3 is 0 Å². The summed E-state index contributed by atoms with van der Waals surface area (Å²) < 4.78 is 17.0. The Bertz CT molecular complexity index is 909. The molecule has 0 aliphatic carbocycles. The van der Waals surface area contributed by atoms with Crippen LogP contribution in [0.1, 0.15) is 71.4 Å². The Balaban J connectivity index is 1.88. The summed E-state index contributed by atoms with van der Waals surface area (Å²) in [5.41, 5.74) is 5.10. The van der Waals surface area contributed by atoms with Gasteiger partial charge in [0.05, 0.1) is 38.1 Å². The van der Waals surface area contributed by atoms with Gasteiger partial charge in [-0.2, -0.15) is 0 Å². The molecule has 0 aromatic heterocycles. The third-order valence-electron chi connectivity index (χ3n) is 6.64.